The molecule has 0 spiro atoms. The molecule has 0 radical (unpaired) electrons. The molecule has 3 aromatic carbocycles. The summed E-state index contributed by atoms with van der Waals surface area (Å²) in [6.07, 6.45) is 0. The highest BCUT2D eigenvalue weighted by Crippen LogP contribution is 2.36. The van der Waals surface area contributed by atoms with Crippen LogP contribution in [0.3, 0.4) is 0 Å². The number of benzene rings is 3. The second kappa shape index (κ2) is 7.40. The maximum atomic E-state index is 11.3. The summed E-state index contributed by atoms with van der Waals surface area (Å²) in [4.78, 5) is 15.4. The van der Waals surface area contributed by atoms with E-state index in [1.807, 2.05) is 72.8 Å². The number of aromatic nitrogens is 1. The molecular formula is C23H18N2O3. The summed E-state index contributed by atoms with van der Waals surface area (Å²) in [5.41, 5.74) is 2.66. The number of fused-ring (bicyclic) bond motifs is 1. The van der Waals surface area contributed by atoms with Gasteiger partial charge in [-0.15, -0.1) is 0 Å². The Balaban J connectivity index is 1.86. The number of carboxylic acid groups (broad SMARTS) is 1. The van der Waals surface area contributed by atoms with E-state index < -0.39 is 5.97 Å². The average Bonchev–Trinajstić information content (AvgIpc) is 2.74. The molecule has 4 rings (SSSR count). The molecule has 1 unspecified atom stereocenters. The van der Waals surface area contributed by atoms with Crippen molar-refractivity contribution in [3.8, 4) is 5.75 Å². The van der Waals surface area contributed by atoms with E-state index in [9.17, 15) is 15.0 Å². The smallest absolute Gasteiger partial charge is 0.354 e. The van der Waals surface area contributed by atoms with Crippen molar-refractivity contribution in [2.75, 3.05) is 5.32 Å². The van der Waals surface area contributed by atoms with Crippen LogP contribution in [0.15, 0.2) is 84.9 Å². The summed E-state index contributed by atoms with van der Waals surface area (Å²) < 4.78 is 0. The second-order valence-electron chi connectivity index (χ2n) is 6.43. The van der Waals surface area contributed by atoms with Crippen LogP contribution in [0.4, 0.5) is 5.69 Å². The minimum absolute atomic E-state index is 0.0297. The lowest BCUT2D eigenvalue weighted by atomic mass is 9.96. The largest absolute Gasteiger partial charge is 0.505 e. The maximum Gasteiger partial charge on any atom is 0.354 e. The molecule has 0 saturated heterocycles. The van der Waals surface area contributed by atoms with Crippen LogP contribution in [0.25, 0.3) is 10.9 Å². The standard InChI is InChI=1S/C23H18N2O3/c26-22-18(13-11-16-12-14-19(23(27)28)25-21(16)22)20(15-7-3-1-4-8-15)24-17-9-5-2-6-10-17/h1-14,20,24,26H,(H,27,28). The van der Waals surface area contributed by atoms with Gasteiger partial charge in [-0.3, -0.25) is 0 Å². The van der Waals surface area contributed by atoms with Crippen LogP contribution in [-0.2, 0) is 0 Å². The Morgan fingerprint density at radius 3 is 2.18 bits per heavy atom. The summed E-state index contributed by atoms with van der Waals surface area (Å²) in [5, 5.41) is 24.3. The lowest BCUT2D eigenvalue weighted by Gasteiger charge is -2.22. The summed E-state index contributed by atoms with van der Waals surface area (Å²) in [6, 6.07) is 25.9. The highest BCUT2D eigenvalue weighted by molar-refractivity contribution is 5.92. The van der Waals surface area contributed by atoms with Gasteiger partial charge in [0.2, 0.25) is 0 Å². The van der Waals surface area contributed by atoms with Crippen molar-refractivity contribution >= 4 is 22.6 Å². The third kappa shape index (κ3) is 3.38. The predicted octanol–water partition coefficient (Wildman–Crippen LogP) is 4.84. The van der Waals surface area contributed by atoms with Crippen molar-refractivity contribution in [3.05, 3.63) is 102 Å². The lowest BCUT2D eigenvalue weighted by Crippen LogP contribution is -2.13. The monoisotopic (exact) mass is 370 g/mol. The van der Waals surface area contributed by atoms with Crippen LogP contribution >= 0.6 is 0 Å². The SMILES string of the molecule is O=C(O)c1ccc2ccc(C(Nc3ccccc3)c3ccccc3)c(O)c2n1. The van der Waals surface area contributed by atoms with Crippen molar-refractivity contribution in [2.45, 2.75) is 6.04 Å². The normalized spacial score (nSPS) is 11.9. The van der Waals surface area contributed by atoms with E-state index >= 15 is 0 Å². The molecule has 0 amide bonds. The van der Waals surface area contributed by atoms with E-state index in [-0.39, 0.29) is 23.0 Å². The zero-order valence-corrected chi connectivity index (χ0v) is 14.9. The van der Waals surface area contributed by atoms with Gasteiger partial charge >= 0.3 is 5.97 Å². The Kier molecular flexibility index (Phi) is 4.64. The van der Waals surface area contributed by atoms with Crippen LogP contribution in [-0.4, -0.2) is 21.2 Å². The van der Waals surface area contributed by atoms with Gasteiger partial charge in [0.1, 0.15) is 17.0 Å². The van der Waals surface area contributed by atoms with E-state index in [2.05, 4.69) is 10.3 Å². The molecule has 5 heteroatoms. The number of anilines is 1. The minimum atomic E-state index is -1.13. The number of phenolic OH excluding ortho intramolecular Hbond substituents is 1. The Bertz CT molecular complexity index is 1130. The van der Waals surface area contributed by atoms with Gasteiger partial charge in [0.15, 0.2) is 0 Å². The van der Waals surface area contributed by atoms with Crippen molar-refractivity contribution < 1.29 is 15.0 Å². The lowest BCUT2D eigenvalue weighted by molar-refractivity contribution is 0.0691. The number of nitrogens with one attached hydrogen (secondary N) is 1. The molecule has 138 valence electrons. The fraction of sp³-hybridized carbons (Fsp3) is 0.0435. The minimum Gasteiger partial charge on any atom is -0.505 e. The first kappa shape index (κ1) is 17.5. The van der Waals surface area contributed by atoms with Crippen LogP contribution in [0.5, 0.6) is 5.75 Å². The molecule has 28 heavy (non-hydrogen) atoms. The fourth-order valence-corrected chi connectivity index (χ4v) is 3.23. The second-order valence-corrected chi connectivity index (χ2v) is 6.43. The molecule has 0 bridgehead atoms. The number of aromatic hydroxyl groups is 1. The van der Waals surface area contributed by atoms with E-state index in [1.54, 1.807) is 6.07 Å². The molecule has 3 N–H and O–H groups in total. The molecule has 5 nitrogen and oxygen atoms in total. The van der Waals surface area contributed by atoms with Crippen LogP contribution in [0.2, 0.25) is 0 Å². The van der Waals surface area contributed by atoms with Gasteiger partial charge in [-0.2, -0.15) is 0 Å². The Morgan fingerprint density at radius 1 is 0.857 bits per heavy atom. The van der Waals surface area contributed by atoms with Gasteiger partial charge in [-0.25, -0.2) is 9.78 Å². The zero-order valence-electron chi connectivity index (χ0n) is 14.9. The number of phenols is 1. The first-order valence-corrected chi connectivity index (χ1v) is 8.86. The number of hydrogen-bond acceptors (Lipinski definition) is 4. The molecule has 1 heterocycles. The molecule has 0 aliphatic carbocycles. The van der Waals surface area contributed by atoms with Crippen molar-refractivity contribution in [2.24, 2.45) is 0 Å². The summed E-state index contributed by atoms with van der Waals surface area (Å²) in [6.45, 7) is 0. The van der Waals surface area contributed by atoms with E-state index in [0.29, 0.717) is 10.9 Å². The predicted molar refractivity (Wildman–Crippen MR) is 109 cm³/mol. The highest BCUT2D eigenvalue weighted by atomic mass is 16.4. The first-order chi connectivity index (χ1) is 13.6. The number of nitrogens with zero attached hydrogens (tertiary/aromatic N) is 1. The van der Waals surface area contributed by atoms with Crippen molar-refractivity contribution in [1.29, 1.82) is 0 Å². The van der Waals surface area contributed by atoms with Gasteiger partial charge < -0.3 is 15.5 Å². The number of aromatic carboxylic acids is 1. The van der Waals surface area contributed by atoms with Gasteiger partial charge in [-0.05, 0) is 23.8 Å². The average molecular weight is 370 g/mol. The number of carbonyl (C=O) groups is 1. The zero-order chi connectivity index (χ0) is 19.5. The molecule has 1 atom stereocenters. The summed E-state index contributed by atoms with van der Waals surface area (Å²) in [5.74, 6) is -1.16. The van der Waals surface area contributed by atoms with Crippen LogP contribution in [0.1, 0.15) is 27.7 Å². The molecule has 4 aromatic rings. The molecule has 0 saturated carbocycles. The number of hydrogen-bond donors (Lipinski definition) is 3. The molecule has 0 aliphatic heterocycles. The van der Waals surface area contributed by atoms with E-state index in [1.165, 1.54) is 6.07 Å². The van der Waals surface area contributed by atoms with E-state index in [0.717, 1.165) is 11.3 Å². The fourth-order valence-electron chi connectivity index (χ4n) is 3.23. The molecular weight excluding hydrogens is 352 g/mol. The molecule has 0 fully saturated rings. The number of pyridine rings is 1. The number of carboxylic acids is 1. The van der Waals surface area contributed by atoms with Gasteiger partial charge in [0.25, 0.3) is 0 Å². The number of para-hydroxylation sites is 1. The number of rotatable bonds is 5. The highest BCUT2D eigenvalue weighted by Gasteiger charge is 2.20. The van der Waals surface area contributed by atoms with Gasteiger partial charge in [0, 0.05) is 16.6 Å². The van der Waals surface area contributed by atoms with Gasteiger partial charge in [-0.1, -0.05) is 66.7 Å². The third-order valence-corrected chi connectivity index (χ3v) is 4.61. The maximum absolute atomic E-state index is 11.3. The molecule has 0 aliphatic rings. The topological polar surface area (TPSA) is 82.5 Å². The summed E-state index contributed by atoms with van der Waals surface area (Å²) >= 11 is 0. The first-order valence-electron chi connectivity index (χ1n) is 8.86. The quantitative estimate of drug-likeness (QED) is 0.468. The Labute approximate surface area is 161 Å². The summed E-state index contributed by atoms with van der Waals surface area (Å²) in [7, 11) is 0. The van der Waals surface area contributed by atoms with Crippen LogP contribution < -0.4 is 5.32 Å². The van der Waals surface area contributed by atoms with E-state index in [4.69, 9.17) is 0 Å². The Hall–Kier alpha value is -3.86. The van der Waals surface area contributed by atoms with Crippen LogP contribution in [0, 0.1) is 0 Å². The van der Waals surface area contributed by atoms with Crippen molar-refractivity contribution in [1.82, 2.24) is 4.98 Å². The van der Waals surface area contributed by atoms with Gasteiger partial charge in [0.05, 0.1) is 6.04 Å². The van der Waals surface area contributed by atoms with Crippen molar-refractivity contribution in [3.63, 3.8) is 0 Å². The molecule has 1 aromatic heterocycles. The Morgan fingerprint density at radius 2 is 1.50 bits per heavy atom. The third-order valence-electron chi connectivity index (χ3n) is 4.61.